The second-order valence-corrected chi connectivity index (χ2v) is 7.15. The molecule has 1 aromatic heterocycles. The maximum Gasteiger partial charge on any atom is 0.256 e. The molecule has 0 bridgehead atoms. The highest BCUT2D eigenvalue weighted by atomic mass is 16.5. The Balaban J connectivity index is 1.57. The van der Waals surface area contributed by atoms with E-state index >= 15 is 0 Å². The largest absolute Gasteiger partial charge is 0.497 e. The summed E-state index contributed by atoms with van der Waals surface area (Å²) in [4.78, 5) is 18.3. The normalized spacial score (nSPS) is 20.2. The standard InChI is InChI=1S/C24H21N3O3/c1-30-20-10-8-17(9-11-20)16-4-6-18(7-5-16)23-21(13-25)27(22(23)15-28)24(29)19-3-2-12-26-14-19/h2-12,14,21-23,28H,15H2,1H3/t21-,22-,23+/m1/s1. The number of aliphatic hydroxyl groups excluding tert-OH is 1. The molecule has 1 aliphatic heterocycles. The Morgan fingerprint density at radius 1 is 1.13 bits per heavy atom. The first-order valence-corrected chi connectivity index (χ1v) is 9.65. The summed E-state index contributed by atoms with van der Waals surface area (Å²) in [6, 6.07) is 20.2. The number of hydrogen-bond acceptors (Lipinski definition) is 5. The third kappa shape index (κ3) is 3.40. The molecule has 6 nitrogen and oxygen atoms in total. The lowest BCUT2D eigenvalue weighted by atomic mass is 9.75. The van der Waals surface area contributed by atoms with Gasteiger partial charge in [0.25, 0.3) is 5.91 Å². The molecule has 1 aliphatic rings. The van der Waals surface area contributed by atoms with E-state index in [1.54, 1.807) is 25.4 Å². The fourth-order valence-corrected chi connectivity index (χ4v) is 4.01. The molecule has 2 heterocycles. The van der Waals surface area contributed by atoms with Crippen LogP contribution in [0.3, 0.4) is 0 Å². The highest BCUT2D eigenvalue weighted by Crippen LogP contribution is 2.41. The molecule has 2 aromatic carbocycles. The van der Waals surface area contributed by atoms with Gasteiger partial charge in [-0.25, -0.2) is 0 Å². The number of carbonyl (C=O) groups excluding carboxylic acids is 1. The average Bonchev–Trinajstić information content (AvgIpc) is 2.80. The van der Waals surface area contributed by atoms with Gasteiger partial charge >= 0.3 is 0 Å². The zero-order valence-corrected chi connectivity index (χ0v) is 16.5. The van der Waals surface area contributed by atoms with Crippen molar-refractivity contribution in [3.8, 4) is 22.9 Å². The van der Waals surface area contributed by atoms with Crippen molar-refractivity contribution >= 4 is 5.91 Å². The van der Waals surface area contributed by atoms with Crippen LogP contribution in [0.15, 0.2) is 73.1 Å². The second-order valence-electron chi connectivity index (χ2n) is 7.15. The lowest BCUT2D eigenvalue weighted by Gasteiger charge is -2.51. The molecule has 150 valence electrons. The first-order chi connectivity index (χ1) is 14.7. The molecule has 30 heavy (non-hydrogen) atoms. The quantitative estimate of drug-likeness (QED) is 0.712. The van der Waals surface area contributed by atoms with Gasteiger partial charge in [0.15, 0.2) is 0 Å². The van der Waals surface area contributed by atoms with Gasteiger partial charge in [0, 0.05) is 18.3 Å². The minimum Gasteiger partial charge on any atom is -0.497 e. The van der Waals surface area contributed by atoms with Gasteiger partial charge in [0.05, 0.1) is 31.4 Å². The van der Waals surface area contributed by atoms with Gasteiger partial charge in [-0.15, -0.1) is 0 Å². The number of benzene rings is 2. The highest BCUT2D eigenvalue weighted by molar-refractivity contribution is 5.95. The van der Waals surface area contributed by atoms with Crippen LogP contribution in [-0.4, -0.2) is 46.7 Å². The molecule has 6 heteroatoms. The van der Waals surface area contributed by atoms with Crippen LogP contribution < -0.4 is 4.74 Å². The van der Waals surface area contributed by atoms with Crippen LogP contribution >= 0.6 is 0 Å². The molecular weight excluding hydrogens is 378 g/mol. The molecular formula is C24H21N3O3. The Morgan fingerprint density at radius 2 is 1.80 bits per heavy atom. The van der Waals surface area contributed by atoms with Crippen molar-refractivity contribution in [3.05, 3.63) is 84.2 Å². The number of hydrogen-bond donors (Lipinski definition) is 1. The fraction of sp³-hybridized carbons (Fsp3) is 0.208. The number of ether oxygens (including phenoxy) is 1. The van der Waals surface area contributed by atoms with Gasteiger partial charge in [0.1, 0.15) is 11.8 Å². The molecule has 0 saturated carbocycles. The van der Waals surface area contributed by atoms with E-state index in [-0.39, 0.29) is 18.4 Å². The van der Waals surface area contributed by atoms with E-state index in [1.807, 2.05) is 48.5 Å². The molecule has 0 aliphatic carbocycles. The van der Waals surface area contributed by atoms with Gasteiger partial charge in [-0.2, -0.15) is 5.26 Å². The number of nitrogens with zero attached hydrogens (tertiary/aromatic N) is 3. The lowest BCUT2D eigenvalue weighted by molar-refractivity contribution is -0.00588. The van der Waals surface area contributed by atoms with Crippen LogP contribution in [0.4, 0.5) is 0 Å². The van der Waals surface area contributed by atoms with Crippen molar-refractivity contribution in [3.63, 3.8) is 0 Å². The van der Waals surface area contributed by atoms with E-state index in [0.717, 1.165) is 22.4 Å². The third-order valence-electron chi connectivity index (χ3n) is 5.59. The number of carbonyl (C=O) groups is 1. The zero-order chi connectivity index (χ0) is 21.1. The number of methoxy groups -OCH3 is 1. The van der Waals surface area contributed by atoms with Crippen molar-refractivity contribution in [1.29, 1.82) is 5.26 Å². The fourth-order valence-electron chi connectivity index (χ4n) is 4.01. The highest BCUT2D eigenvalue weighted by Gasteiger charge is 2.51. The van der Waals surface area contributed by atoms with Crippen molar-refractivity contribution < 1.29 is 14.6 Å². The van der Waals surface area contributed by atoms with E-state index < -0.39 is 12.1 Å². The first-order valence-electron chi connectivity index (χ1n) is 9.65. The monoisotopic (exact) mass is 399 g/mol. The second kappa shape index (κ2) is 8.36. The van der Waals surface area contributed by atoms with Crippen molar-refractivity contribution in [1.82, 2.24) is 9.88 Å². The molecule has 0 spiro atoms. The van der Waals surface area contributed by atoms with E-state index in [2.05, 4.69) is 11.1 Å². The number of pyridine rings is 1. The van der Waals surface area contributed by atoms with Crippen LogP contribution in [0, 0.1) is 11.3 Å². The smallest absolute Gasteiger partial charge is 0.256 e. The molecule has 3 aromatic rings. The summed E-state index contributed by atoms with van der Waals surface area (Å²) >= 11 is 0. The number of rotatable bonds is 5. The van der Waals surface area contributed by atoms with E-state index in [0.29, 0.717) is 5.56 Å². The van der Waals surface area contributed by atoms with Gasteiger partial charge in [0.2, 0.25) is 0 Å². The van der Waals surface area contributed by atoms with Gasteiger partial charge in [-0.05, 0) is 41.0 Å². The van der Waals surface area contributed by atoms with Crippen LogP contribution in [0.25, 0.3) is 11.1 Å². The van der Waals surface area contributed by atoms with Gasteiger partial charge in [-0.1, -0.05) is 36.4 Å². The molecule has 1 fully saturated rings. The van der Waals surface area contributed by atoms with Crippen LogP contribution in [0.5, 0.6) is 5.75 Å². The van der Waals surface area contributed by atoms with Crippen molar-refractivity contribution in [2.75, 3.05) is 13.7 Å². The molecule has 1 amide bonds. The molecule has 1 saturated heterocycles. The van der Waals surface area contributed by atoms with E-state index in [9.17, 15) is 15.2 Å². The van der Waals surface area contributed by atoms with Crippen LogP contribution in [-0.2, 0) is 0 Å². The SMILES string of the molecule is COc1ccc(-c2ccc([C@H]3[C@@H](C#N)N(C(=O)c4cccnc4)[C@@H]3CO)cc2)cc1. The summed E-state index contributed by atoms with van der Waals surface area (Å²) in [5.74, 6) is 0.260. The lowest BCUT2D eigenvalue weighted by Crippen LogP contribution is -2.65. The molecule has 0 unspecified atom stereocenters. The summed E-state index contributed by atoms with van der Waals surface area (Å²) < 4.78 is 5.20. The summed E-state index contributed by atoms with van der Waals surface area (Å²) in [7, 11) is 1.63. The summed E-state index contributed by atoms with van der Waals surface area (Å²) in [5, 5.41) is 19.7. The topological polar surface area (TPSA) is 86.5 Å². The van der Waals surface area contributed by atoms with E-state index in [1.165, 1.54) is 11.1 Å². The third-order valence-corrected chi connectivity index (χ3v) is 5.59. The average molecular weight is 399 g/mol. The summed E-state index contributed by atoms with van der Waals surface area (Å²) in [5.41, 5.74) is 3.43. The molecule has 4 rings (SSSR count). The minimum absolute atomic E-state index is 0.213. The summed E-state index contributed by atoms with van der Waals surface area (Å²) in [6.45, 7) is -0.213. The molecule has 3 atom stereocenters. The zero-order valence-electron chi connectivity index (χ0n) is 16.5. The Morgan fingerprint density at radius 3 is 2.33 bits per heavy atom. The number of likely N-dealkylation sites (tertiary alicyclic amines) is 1. The first kappa shape index (κ1) is 19.6. The molecule has 0 radical (unpaired) electrons. The minimum atomic E-state index is -0.637. The van der Waals surface area contributed by atoms with Crippen molar-refractivity contribution in [2.45, 2.75) is 18.0 Å². The Hall–Kier alpha value is -3.69. The van der Waals surface area contributed by atoms with Crippen LogP contribution in [0.2, 0.25) is 0 Å². The predicted octanol–water partition coefficient (Wildman–Crippen LogP) is 3.25. The molecule has 1 N–H and O–H groups in total. The number of nitriles is 1. The Kier molecular flexibility index (Phi) is 5.46. The van der Waals surface area contributed by atoms with Gasteiger partial charge in [-0.3, -0.25) is 9.78 Å². The maximum absolute atomic E-state index is 12.8. The Labute approximate surface area is 175 Å². The van der Waals surface area contributed by atoms with Crippen molar-refractivity contribution in [2.24, 2.45) is 0 Å². The number of aromatic nitrogens is 1. The Bertz CT molecular complexity index is 1060. The van der Waals surface area contributed by atoms with E-state index in [4.69, 9.17) is 4.74 Å². The van der Waals surface area contributed by atoms with Crippen LogP contribution in [0.1, 0.15) is 21.8 Å². The maximum atomic E-state index is 12.8. The van der Waals surface area contributed by atoms with Gasteiger partial charge < -0.3 is 14.7 Å². The summed E-state index contributed by atoms with van der Waals surface area (Å²) in [6.07, 6.45) is 3.06. The number of amides is 1. The number of aliphatic hydroxyl groups is 1. The predicted molar refractivity (Wildman–Crippen MR) is 112 cm³/mol.